The van der Waals surface area contributed by atoms with E-state index in [1.165, 1.54) is 28.6 Å². The van der Waals surface area contributed by atoms with Crippen LogP contribution in [0.4, 0.5) is 0 Å². The lowest BCUT2D eigenvalue weighted by atomic mass is 10.1. The molecule has 7 heteroatoms. The number of nitrogens with zero attached hydrogens (tertiary/aromatic N) is 1. The minimum atomic E-state index is -3.86. The Bertz CT molecular complexity index is 1120. The fraction of sp³-hybridized carbons (Fsp3) is 0.208. The van der Waals surface area contributed by atoms with Crippen molar-refractivity contribution in [1.82, 2.24) is 9.62 Å². The molecule has 0 aliphatic rings. The van der Waals surface area contributed by atoms with Gasteiger partial charge < -0.3 is 5.32 Å². The highest BCUT2D eigenvalue weighted by Crippen LogP contribution is 2.19. The Morgan fingerprint density at radius 1 is 0.935 bits per heavy atom. The number of halogens is 1. The molecule has 0 saturated carbocycles. The summed E-state index contributed by atoms with van der Waals surface area (Å²) in [5.74, 6) is -0.355. The summed E-state index contributed by atoms with van der Waals surface area (Å²) in [6.45, 7) is 2.25. The monoisotopic (exact) mass is 456 g/mol. The summed E-state index contributed by atoms with van der Waals surface area (Å²) in [7, 11) is -3.86. The fourth-order valence-corrected chi connectivity index (χ4v) is 4.70. The minimum Gasteiger partial charge on any atom is -0.351 e. The van der Waals surface area contributed by atoms with E-state index >= 15 is 0 Å². The molecular weight excluding hydrogens is 432 g/mol. The first kappa shape index (κ1) is 23.0. The van der Waals surface area contributed by atoms with E-state index < -0.39 is 10.0 Å². The van der Waals surface area contributed by atoms with E-state index in [4.69, 9.17) is 11.6 Å². The smallest absolute Gasteiger partial charge is 0.243 e. The number of rotatable bonds is 9. The van der Waals surface area contributed by atoms with Crippen LogP contribution in [0, 0.1) is 6.92 Å². The maximum absolute atomic E-state index is 13.2. The summed E-state index contributed by atoms with van der Waals surface area (Å²) in [4.78, 5) is 12.7. The summed E-state index contributed by atoms with van der Waals surface area (Å²) in [6, 6.07) is 23.4. The molecule has 0 aliphatic carbocycles. The molecule has 0 spiro atoms. The van der Waals surface area contributed by atoms with E-state index in [0.717, 1.165) is 16.7 Å². The van der Waals surface area contributed by atoms with Crippen LogP contribution in [0.3, 0.4) is 0 Å². The predicted octanol–water partition coefficient (Wildman–Crippen LogP) is 4.20. The van der Waals surface area contributed by atoms with E-state index in [9.17, 15) is 13.2 Å². The molecule has 0 unspecified atom stereocenters. The number of hydrogen-bond donors (Lipinski definition) is 1. The molecule has 162 valence electrons. The maximum atomic E-state index is 13.2. The summed E-state index contributed by atoms with van der Waals surface area (Å²) < 4.78 is 27.7. The lowest BCUT2D eigenvalue weighted by molar-refractivity contribution is -0.121. The van der Waals surface area contributed by atoms with Crippen LogP contribution in [-0.2, 0) is 27.8 Å². The van der Waals surface area contributed by atoms with Crippen LogP contribution >= 0.6 is 11.6 Å². The predicted molar refractivity (Wildman–Crippen MR) is 123 cm³/mol. The van der Waals surface area contributed by atoms with E-state index in [-0.39, 0.29) is 23.9 Å². The molecule has 0 aliphatic heterocycles. The molecule has 3 aromatic carbocycles. The first-order valence-corrected chi connectivity index (χ1v) is 11.8. The van der Waals surface area contributed by atoms with Gasteiger partial charge in [-0.2, -0.15) is 4.31 Å². The first-order chi connectivity index (χ1) is 14.8. The molecular formula is C24H25ClN2O3S. The zero-order valence-corrected chi connectivity index (χ0v) is 18.9. The highest BCUT2D eigenvalue weighted by Gasteiger charge is 2.26. The van der Waals surface area contributed by atoms with Crippen molar-refractivity contribution < 1.29 is 13.2 Å². The van der Waals surface area contributed by atoms with E-state index in [2.05, 4.69) is 5.32 Å². The Kier molecular flexibility index (Phi) is 7.85. The highest BCUT2D eigenvalue weighted by molar-refractivity contribution is 7.89. The number of benzene rings is 3. The van der Waals surface area contributed by atoms with Crippen LogP contribution in [0.1, 0.15) is 16.7 Å². The third kappa shape index (κ3) is 6.66. The number of hydrogen-bond acceptors (Lipinski definition) is 3. The van der Waals surface area contributed by atoms with Crippen LogP contribution in [0.5, 0.6) is 0 Å². The number of aryl methyl sites for hydroxylation is 1. The molecule has 0 atom stereocenters. The number of sulfonamides is 1. The van der Waals surface area contributed by atoms with Crippen molar-refractivity contribution in [2.75, 3.05) is 13.1 Å². The van der Waals surface area contributed by atoms with Gasteiger partial charge in [0.1, 0.15) is 0 Å². The molecule has 0 fully saturated rings. The summed E-state index contributed by atoms with van der Waals surface area (Å²) >= 11 is 5.90. The standard InChI is InChI=1S/C24H25ClN2O3S/c1-19-6-5-9-21(16-19)17-26-24(28)18-27(15-14-20-7-3-2-4-8-20)31(29,30)23-12-10-22(25)11-13-23/h2-13,16H,14-15,17-18H2,1H3,(H,26,28). The molecule has 1 amide bonds. The Morgan fingerprint density at radius 2 is 1.61 bits per heavy atom. The SMILES string of the molecule is Cc1cccc(CNC(=O)CN(CCc2ccccc2)S(=O)(=O)c2ccc(Cl)cc2)c1. The zero-order valence-electron chi connectivity index (χ0n) is 17.3. The van der Waals surface area contributed by atoms with Gasteiger partial charge in [-0.05, 0) is 48.7 Å². The molecule has 0 radical (unpaired) electrons. The van der Waals surface area contributed by atoms with Crippen molar-refractivity contribution >= 4 is 27.5 Å². The number of carbonyl (C=O) groups is 1. The molecule has 0 bridgehead atoms. The average molecular weight is 457 g/mol. The van der Waals surface area contributed by atoms with Gasteiger partial charge >= 0.3 is 0 Å². The second kappa shape index (κ2) is 10.6. The van der Waals surface area contributed by atoms with Gasteiger partial charge in [-0.3, -0.25) is 4.79 Å². The normalized spacial score (nSPS) is 11.5. The molecule has 3 rings (SSSR count). The fourth-order valence-electron chi connectivity index (χ4n) is 3.18. The van der Waals surface area contributed by atoms with Crippen molar-refractivity contribution in [1.29, 1.82) is 0 Å². The molecule has 3 aromatic rings. The van der Waals surface area contributed by atoms with Gasteiger partial charge in [0, 0.05) is 18.1 Å². The quantitative estimate of drug-likeness (QED) is 0.524. The zero-order chi connectivity index (χ0) is 22.3. The van der Waals surface area contributed by atoms with Gasteiger partial charge in [0.25, 0.3) is 0 Å². The molecule has 0 saturated heterocycles. The topological polar surface area (TPSA) is 66.5 Å². The van der Waals surface area contributed by atoms with Crippen molar-refractivity contribution in [2.24, 2.45) is 0 Å². The summed E-state index contributed by atoms with van der Waals surface area (Å²) in [6.07, 6.45) is 0.499. The van der Waals surface area contributed by atoms with Gasteiger partial charge in [-0.25, -0.2) is 8.42 Å². The van der Waals surface area contributed by atoms with Crippen LogP contribution in [0.15, 0.2) is 83.8 Å². The number of carbonyl (C=O) groups excluding carboxylic acids is 1. The third-order valence-corrected chi connectivity index (χ3v) is 6.95. The summed E-state index contributed by atoms with van der Waals surface area (Å²) in [5, 5.41) is 3.27. The third-order valence-electron chi connectivity index (χ3n) is 4.84. The van der Waals surface area contributed by atoms with Crippen molar-refractivity contribution in [3.63, 3.8) is 0 Å². The molecule has 5 nitrogen and oxygen atoms in total. The van der Waals surface area contributed by atoms with Gasteiger partial charge in [-0.1, -0.05) is 71.8 Å². The van der Waals surface area contributed by atoms with Crippen LogP contribution in [0.2, 0.25) is 5.02 Å². The average Bonchev–Trinajstić information content (AvgIpc) is 2.76. The van der Waals surface area contributed by atoms with E-state index in [1.807, 2.05) is 61.5 Å². The maximum Gasteiger partial charge on any atom is 0.243 e. The second-order valence-electron chi connectivity index (χ2n) is 7.29. The van der Waals surface area contributed by atoms with Crippen LogP contribution in [-0.4, -0.2) is 31.7 Å². The highest BCUT2D eigenvalue weighted by atomic mass is 35.5. The van der Waals surface area contributed by atoms with Crippen molar-refractivity contribution in [3.05, 3.63) is 101 Å². The van der Waals surface area contributed by atoms with Gasteiger partial charge in [0.05, 0.1) is 11.4 Å². The van der Waals surface area contributed by atoms with Gasteiger partial charge in [-0.15, -0.1) is 0 Å². The van der Waals surface area contributed by atoms with Gasteiger partial charge in [0.15, 0.2) is 0 Å². The number of nitrogens with one attached hydrogen (secondary N) is 1. The van der Waals surface area contributed by atoms with Crippen molar-refractivity contribution in [2.45, 2.75) is 24.8 Å². The van der Waals surface area contributed by atoms with E-state index in [0.29, 0.717) is 18.0 Å². The first-order valence-electron chi connectivity index (χ1n) is 9.96. The lowest BCUT2D eigenvalue weighted by Gasteiger charge is -2.22. The Labute approximate surface area is 188 Å². The molecule has 0 aromatic heterocycles. The van der Waals surface area contributed by atoms with Crippen molar-refractivity contribution in [3.8, 4) is 0 Å². The molecule has 31 heavy (non-hydrogen) atoms. The van der Waals surface area contributed by atoms with Crippen LogP contribution in [0.25, 0.3) is 0 Å². The second-order valence-corrected chi connectivity index (χ2v) is 9.67. The largest absolute Gasteiger partial charge is 0.351 e. The Hall–Kier alpha value is -2.67. The van der Waals surface area contributed by atoms with Crippen LogP contribution < -0.4 is 5.32 Å². The molecule has 0 heterocycles. The molecule has 1 N–H and O–H groups in total. The Morgan fingerprint density at radius 3 is 2.29 bits per heavy atom. The lowest BCUT2D eigenvalue weighted by Crippen LogP contribution is -2.41. The Balaban J connectivity index is 1.74. The van der Waals surface area contributed by atoms with E-state index in [1.54, 1.807) is 0 Å². The summed E-state index contributed by atoms with van der Waals surface area (Å²) in [5.41, 5.74) is 3.06. The minimum absolute atomic E-state index is 0.108. The van der Waals surface area contributed by atoms with Gasteiger partial charge in [0.2, 0.25) is 15.9 Å². The number of amides is 1.